The molecule has 1 amide bonds. The van der Waals surface area contributed by atoms with Gasteiger partial charge in [-0.2, -0.15) is 0 Å². The van der Waals surface area contributed by atoms with E-state index in [2.05, 4.69) is 15.3 Å². The molecule has 0 aliphatic rings. The zero-order valence-electron chi connectivity index (χ0n) is 12.9. The van der Waals surface area contributed by atoms with E-state index >= 15 is 0 Å². The maximum absolute atomic E-state index is 12.2. The Kier molecular flexibility index (Phi) is 5.23. The fourth-order valence-corrected chi connectivity index (χ4v) is 1.88. The van der Waals surface area contributed by atoms with Gasteiger partial charge in [0.2, 0.25) is 0 Å². The van der Waals surface area contributed by atoms with Gasteiger partial charge in [0.1, 0.15) is 17.4 Å². The summed E-state index contributed by atoms with van der Waals surface area (Å²) in [6, 6.07) is -1.05. The van der Waals surface area contributed by atoms with Crippen LogP contribution in [0.1, 0.15) is 55.5 Å². The number of amides is 1. The van der Waals surface area contributed by atoms with Crippen molar-refractivity contribution in [1.29, 1.82) is 0 Å². The van der Waals surface area contributed by atoms with E-state index in [4.69, 9.17) is 5.11 Å². The molecule has 1 heterocycles. The molecule has 1 aromatic rings. The summed E-state index contributed by atoms with van der Waals surface area (Å²) in [7, 11) is 0. The lowest BCUT2D eigenvalue weighted by Gasteiger charge is -2.18. The van der Waals surface area contributed by atoms with Crippen LogP contribution < -0.4 is 10.9 Å². The Balaban J connectivity index is 3.14. The van der Waals surface area contributed by atoms with Gasteiger partial charge >= 0.3 is 5.97 Å². The van der Waals surface area contributed by atoms with Gasteiger partial charge in [0.25, 0.3) is 11.5 Å². The molecule has 0 saturated heterocycles. The number of carboxylic acids is 1. The Labute approximate surface area is 122 Å². The van der Waals surface area contributed by atoms with Crippen molar-refractivity contribution in [2.75, 3.05) is 0 Å². The van der Waals surface area contributed by atoms with E-state index < -0.39 is 23.5 Å². The summed E-state index contributed by atoms with van der Waals surface area (Å²) in [5.41, 5.74) is -0.421. The minimum Gasteiger partial charge on any atom is -0.480 e. The van der Waals surface area contributed by atoms with Gasteiger partial charge in [0, 0.05) is 5.92 Å². The van der Waals surface area contributed by atoms with E-state index in [0.717, 1.165) is 0 Å². The average molecular weight is 295 g/mol. The van der Waals surface area contributed by atoms with Crippen molar-refractivity contribution < 1.29 is 14.7 Å². The first-order valence-corrected chi connectivity index (χ1v) is 6.79. The Morgan fingerprint density at radius 3 is 2.19 bits per heavy atom. The SMILES string of the molecule is Cc1nc(C(C)C)[nH]c(=O)c1C(=O)N[C@H](C(=O)O)C(C)C. The lowest BCUT2D eigenvalue weighted by molar-refractivity contribution is -0.140. The molecular formula is C14H21N3O4. The van der Waals surface area contributed by atoms with Crippen molar-refractivity contribution in [1.82, 2.24) is 15.3 Å². The van der Waals surface area contributed by atoms with Gasteiger partial charge in [-0.05, 0) is 12.8 Å². The molecule has 1 atom stereocenters. The quantitative estimate of drug-likeness (QED) is 0.751. The van der Waals surface area contributed by atoms with Crippen LogP contribution in [0.2, 0.25) is 0 Å². The summed E-state index contributed by atoms with van der Waals surface area (Å²) >= 11 is 0. The number of aromatic amines is 1. The topological polar surface area (TPSA) is 112 Å². The largest absolute Gasteiger partial charge is 0.480 e. The van der Waals surface area contributed by atoms with Crippen LogP contribution >= 0.6 is 0 Å². The second kappa shape index (κ2) is 6.51. The van der Waals surface area contributed by atoms with Crippen molar-refractivity contribution in [3.8, 4) is 0 Å². The van der Waals surface area contributed by atoms with E-state index in [1.165, 1.54) is 0 Å². The molecular weight excluding hydrogens is 274 g/mol. The zero-order valence-corrected chi connectivity index (χ0v) is 12.9. The number of nitrogens with one attached hydrogen (secondary N) is 2. The fourth-order valence-electron chi connectivity index (χ4n) is 1.88. The Bertz CT molecular complexity index is 605. The molecule has 3 N–H and O–H groups in total. The highest BCUT2D eigenvalue weighted by molar-refractivity contribution is 5.97. The summed E-state index contributed by atoms with van der Waals surface area (Å²) in [5, 5.41) is 11.4. The number of nitrogens with zero attached hydrogens (tertiary/aromatic N) is 1. The first-order chi connectivity index (χ1) is 9.65. The second-order valence-electron chi connectivity index (χ2n) is 5.60. The van der Waals surface area contributed by atoms with Crippen LogP contribution in [0.4, 0.5) is 0 Å². The summed E-state index contributed by atoms with van der Waals surface area (Å²) in [4.78, 5) is 42.0. The fraction of sp³-hybridized carbons (Fsp3) is 0.571. The van der Waals surface area contributed by atoms with Gasteiger partial charge < -0.3 is 15.4 Å². The molecule has 0 aliphatic heterocycles. The third-order valence-electron chi connectivity index (χ3n) is 3.11. The average Bonchev–Trinajstić information content (AvgIpc) is 2.33. The zero-order chi connectivity index (χ0) is 16.3. The standard InChI is InChI=1S/C14H21N3O4/c1-6(2)10(14(20)21)16-12(18)9-8(5)15-11(7(3)4)17-13(9)19/h6-7,10H,1-5H3,(H,16,18)(H,20,21)(H,15,17,19)/t10-/m0/s1. The molecule has 7 nitrogen and oxygen atoms in total. The van der Waals surface area contributed by atoms with Gasteiger partial charge in [0.15, 0.2) is 0 Å². The minimum absolute atomic E-state index is 0.0240. The van der Waals surface area contributed by atoms with Crippen LogP contribution in [0.5, 0.6) is 0 Å². The number of aliphatic carboxylic acids is 1. The van der Waals surface area contributed by atoms with E-state index in [-0.39, 0.29) is 23.1 Å². The maximum atomic E-state index is 12.2. The highest BCUT2D eigenvalue weighted by Gasteiger charge is 2.26. The number of carbonyl (C=O) groups is 2. The number of hydrogen-bond donors (Lipinski definition) is 3. The van der Waals surface area contributed by atoms with Gasteiger partial charge in [-0.25, -0.2) is 9.78 Å². The van der Waals surface area contributed by atoms with E-state index in [1.807, 2.05) is 13.8 Å². The smallest absolute Gasteiger partial charge is 0.326 e. The molecule has 0 radical (unpaired) electrons. The van der Waals surface area contributed by atoms with Crippen LogP contribution in [0.15, 0.2) is 4.79 Å². The molecule has 0 aromatic carbocycles. The molecule has 0 unspecified atom stereocenters. The van der Waals surface area contributed by atoms with Crippen LogP contribution in [-0.2, 0) is 4.79 Å². The number of carboxylic acid groups (broad SMARTS) is 1. The van der Waals surface area contributed by atoms with Crippen LogP contribution in [0.3, 0.4) is 0 Å². The first-order valence-electron chi connectivity index (χ1n) is 6.79. The van der Waals surface area contributed by atoms with Crippen molar-refractivity contribution in [3.05, 3.63) is 27.4 Å². The Morgan fingerprint density at radius 2 is 1.81 bits per heavy atom. The number of rotatable bonds is 5. The lowest BCUT2D eigenvalue weighted by Crippen LogP contribution is -2.46. The molecule has 21 heavy (non-hydrogen) atoms. The minimum atomic E-state index is -1.14. The number of H-pyrrole nitrogens is 1. The molecule has 116 valence electrons. The van der Waals surface area contributed by atoms with Gasteiger partial charge in [-0.1, -0.05) is 27.7 Å². The molecule has 0 saturated carbocycles. The van der Waals surface area contributed by atoms with E-state index in [1.54, 1.807) is 20.8 Å². The first kappa shape index (κ1) is 16.9. The molecule has 0 spiro atoms. The molecule has 0 aliphatic carbocycles. The van der Waals surface area contributed by atoms with Gasteiger partial charge in [-0.15, -0.1) is 0 Å². The Hall–Kier alpha value is -2.18. The van der Waals surface area contributed by atoms with Crippen molar-refractivity contribution in [3.63, 3.8) is 0 Å². The number of carbonyl (C=O) groups excluding carboxylic acids is 1. The Morgan fingerprint density at radius 1 is 1.24 bits per heavy atom. The highest BCUT2D eigenvalue weighted by atomic mass is 16.4. The monoisotopic (exact) mass is 295 g/mol. The molecule has 7 heteroatoms. The van der Waals surface area contributed by atoms with E-state index in [0.29, 0.717) is 5.82 Å². The molecule has 1 rings (SSSR count). The highest BCUT2D eigenvalue weighted by Crippen LogP contribution is 2.09. The van der Waals surface area contributed by atoms with Gasteiger partial charge in [0.05, 0.1) is 5.69 Å². The van der Waals surface area contributed by atoms with Crippen molar-refractivity contribution >= 4 is 11.9 Å². The van der Waals surface area contributed by atoms with Crippen LogP contribution in [0, 0.1) is 12.8 Å². The number of aryl methyl sites for hydroxylation is 1. The summed E-state index contributed by atoms with van der Waals surface area (Å²) in [6.45, 7) is 8.65. The van der Waals surface area contributed by atoms with Gasteiger partial charge in [-0.3, -0.25) is 9.59 Å². The summed E-state index contributed by atoms with van der Waals surface area (Å²) < 4.78 is 0. The van der Waals surface area contributed by atoms with Crippen molar-refractivity contribution in [2.24, 2.45) is 5.92 Å². The summed E-state index contributed by atoms with van der Waals surface area (Å²) in [5.74, 6) is -1.64. The second-order valence-corrected chi connectivity index (χ2v) is 5.60. The third-order valence-corrected chi connectivity index (χ3v) is 3.11. The molecule has 0 bridgehead atoms. The summed E-state index contributed by atoms with van der Waals surface area (Å²) in [6.07, 6.45) is 0. The third kappa shape index (κ3) is 3.90. The number of hydrogen-bond acceptors (Lipinski definition) is 4. The lowest BCUT2D eigenvalue weighted by atomic mass is 10.0. The number of aromatic nitrogens is 2. The molecule has 1 aromatic heterocycles. The van der Waals surface area contributed by atoms with Crippen LogP contribution in [0.25, 0.3) is 0 Å². The molecule has 0 fully saturated rings. The predicted octanol–water partition coefficient (Wildman–Crippen LogP) is 1.04. The van der Waals surface area contributed by atoms with Crippen LogP contribution in [-0.4, -0.2) is 33.0 Å². The predicted molar refractivity (Wildman–Crippen MR) is 77.4 cm³/mol. The normalized spacial score (nSPS) is 12.5. The van der Waals surface area contributed by atoms with Crippen molar-refractivity contribution in [2.45, 2.75) is 46.6 Å². The maximum Gasteiger partial charge on any atom is 0.326 e. The van der Waals surface area contributed by atoms with E-state index in [9.17, 15) is 14.4 Å².